The smallest absolute Gasteiger partial charge is 0.166 e. The molecule has 1 aromatic heterocycles. The van der Waals surface area contributed by atoms with Crippen LogP contribution in [0.2, 0.25) is 0 Å². The number of rotatable bonds is 8. The number of carbonyl (C=O) groups is 3. The molecular formula is C31H35IN2O3. The second-order valence-corrected chi connectivity index (χ2v) is 13.5. The predicted octanol–water partition coefficient (Wildman–Crippen LogP) is 6.92. The molecule has 3 aliphatic rings. The van der Waals surface area contributed by atoms with E-state index in [1.165, 1.54) is 11.6 Å². The van der Waals surface area contributed by atoms with Crippen molar-refractivity contribution in [3.63, 3.8) is 0 Å². The van der Waals surface area contributed by atoms with Gasteiger partial charge in [-0.1, -0.05) is 60.7 Å². The number of allylic oxidation sites excluding steroid dienone is 8. The van der Waals surface area contributed by atoms with E-state index in [9.17, 15) is 14.4 Å². The van der Waals surface area contributed by atoms with E-state index in [2.05, 4.69) is 53.6 Å². The number of Topliss-reactive ketones (excluding diaryl/α,β-unsaturated/α-hetero) is 2. The molecule has 4 rings (SSSR count). The average Bonchev–Trinajstić information content (AvgIpc) is 2.87. The molecule has 3 aliphatic carbocycles. The number of pyridine rings is 1. The standard InChI is InChI=1S/C31H35IN2O3/c1-4-5-28(35)26(30(37)20-12-14-31(3,32)15-13-20)17-29(36)21-7-11-27(34-18-21)24-9-6-19(2)25-16-22(33)8-10-23(24)25/h4-11,18-20,25-26,33H,12-17H2,1-3H3/b5-4+,33-22?. The number of halogens is 1. The molecule has 0 spiro atoms. The fraction of sp³-hybridized carbons (Fsp3) is 0.452. The summed E-state index contributed by atoms with van der Waals surface area (Å²) in [4.78, 5) is 44.0. The zero-order chi connectivity index (χ0) is 26.7. The number of ketones is 3. The monoisotopic (exact) mass is 610 g/mol. The summed E-state index contributed by atoms with van der Waals surface area (Å²) in [6, 6.07) is 3.59. The molecule has 6 heteroatoms. The van der Waals surface area contributed by atoms with Gasteiger partial charge in [-0.25, -0.2) is 0 Å². The van der Waals surface area contributed by atoms with Gasteiger partial charge in [0.1, 0.15) is 5.78 Å². The van der Waals surface area contributed by atoms with Crippen molar-refractivity contribution in [2.45, 2.75) is 62.7 Å². The molecule has 0 aliphatic heterocycles. The van der Waals surface area contributed by atoms with E-state index in [0.717, 1.165) is 37.0 Å². The van der Waals surface area contributed by atoms with Gasteiger partial charge in [0.15, 0.2) is 11.6 Å². The molecule has 0 bridgehead atoms. The number of alkyl halides is 1. The molecule has 37 heavy (non-hydrogen) atoms. The second-order valence-electron chi connectivity index (χ2n) is 10.9. The maximum Gasteiger partial charge on any atom is 0.166 e. The minimum atomic E-state index is -0.942. The van der Waals surface area contributed by atoms with Gasteiger partial charge in [0, 0.05) is 38.8 Å². The van der Waals surface area contributed by atoms with Crippen LogP contribution in [-0.4, -0.2) is 31.5 Å². The van der Waals surface area contributed by atoms with Crippen LogP contribution < -0.4 is 0 Å². The first-order valence-corrected chi connectivity index (χ1v) is 14.2. The van der Waals surface area contributed by atoms with Crippen LogP contribution in [-0.2, 0) is 9.59 Å². The Kier molecular flexibility index (Phi) is 8.56. The lowest BCUT2D eigenvalue weighted by molar-refractivity contribution is -0.133. The molecule has 0 saturated heterocycles. The van der Waals surface area contributed by atoms with Gasteiger partial charge in [-0.05, 0) is 80.7 Å². The van der Waals surface area contributed by atoms with Gasteiger partial charge in [0.2, 0.25) is 0 Å². The molecule has 1 N–H and O–H groups in total. The van der Waals surface area contributed by atoms with Crippen molar-refractivity contribution in [3.8, 4) is 0 Å². The highest BCUT2D eigenvalue weighted by Gasteiger charge is 2.37. The second kappa shape index (κ2) is 11.5. The van der Waals surface area contributed by atoms with Crippen molar-refractivity contribution < 1.29 is 14.4 Å². The first kappa shape index (κ1) is 27.6. The van der Waals surface area contributed by atoms with Crippen LogP contribution >= 0.6 is 22.6 Å². The summed E-state index contributed by atoms with van der Waals surface area (Å²) in [7, 11) is 0. The molecule has 1 fully saturated rings. The molecule has 194 valence electrons. The van der Waals surface area contributed by atoms with Crippen LogP contribution in [0.25, 0.3) is 5.57 Å². The number of carbonyl (C=O) groups excluding carboxylic acids is 3. The van der Waals surface area contributed by atoms with Crippen LogP contribution in [0.1, 0.15) is 75.3 Å². The van der Waals surface area contributed by atoms with Crippen molar-refractivity contribution in [2.24, 2.45) is 23.7 Å². The van der Waals surface area contributed by atoms with E-state index in [1.54, 1.807) is 25.3 Å². The highest BCUT2D eigenvalue weighted by atomic mass is 127. The number of nitrogens with one attached hydrogen (secondary N) is 1. The molecule has 1 saturated carbocycles. The molecule has 3 unspecified atom stereocenters. The third kappa shape index (κ3) is 6.33. The van der Waals surface area contributed by atoms with Crippen molar-refractivity contribution in [1.82, 2.24) is 4.98 Å². The van der Waals surface area contributed by atoms with Crippen LogP contribution in [0, 0.1) is 29.1 Å². The lowest BCUT2D eigenvalue weighted by Crippen LogP contribution is -2.35. The van der Waals surface area contributed by atoms with E-state index >= 15 is 0 Å². The molecule has 0 amide bonds. The Bertz CT molecular complexity index is 1210. The Morgan fingerprint density at radius 2 is 1.92 bits per heavy atom. The number of hydrogen-bond acceptors (Lipinski definition) is 5. The number of hydrogen-bond donors (Lipinski definition) is 1. The summed E-state index contributed by atoms with van der Waals surface area (Å²) >= 11 is 2.46. The zero-order valence-corrected chi connectivity index (χ0v) is 24.0. The van der Waals surface area contributed by atoms with Crippen LogP contribution in [0.15, 0.2) is 60.4 Å². The molecule has 1 heterocycles. The van der Waals surface area contributed by atoms with Gasteiger partial charge < -0.3 is 5.41 Å². The number of nitrogens with zero attached hydrogens (tertiary/aromatic N) is 1. The quantitative estimate of drug-likeness (QED) is 0.114. The maximum absolute atomic E-state index is 13.4. The lowest BCUT2D eigenvalue weighted by atomic mass is 9.74. The minimum Gasteiger partial charge on any atom is -0.305 e. The maximum atomic E-state index is 13.4. The Balaban J connectivity index is 1.52. The van der Waals surface area contributed by atoms with Crippen molar-refractivity contribution in [3.05, 3.63) is 71.6 Å². The molecule has 0 aromatic carbocycles. The van der Waals surface area contributed by atoms with E-state index in [-0.39, 0.29) is 39.0 Å². The SMILES string of the molecule is C/C=C/C(=O)C(CC(=O)c1ccc(C2=C3C=CC(=N)CC3C(C)C=C2)nc1)C(=O)C1CCC(C)(I)CC1. The van der Waals surface area contributed by atoms with Gasteiger partial charge in [0.05, 0.1) is 11.6 Å². The fourth-order valence-electron chi connectivity index (χ4n) is 5.63. The summed E-state index contributed by atoms with van der Waals surface area (Å²) in [5.74, 6) is -1.12. The van der Waals surface area contributed by atoms with Crippen LogP contribution in [0.5, 0.6) is 0 Å². The Morgan fingerprint density at radius 1 is 1.19 bits per heavy atom. The van der Waals surface area contributed by atoms with E-state index in [4.69, 9.17) is 5.41 Å². The Hall–Kier alpha value is -2.48. The fourth-order valence-corrected chi connectivity index (χ4v) is 6.25. The first-order chi connectivity index (χ1) is 17.6. The molecule has 5 nitrogen and oxygen atoms in total. The average molecular weight is 611 g/mol. The Morgan fingerprint density at radius 3 is 2.57 bits per heavy atom. The largest absolute Gasteiger partial charge is 0.305 e. The van der Waals surface area contributed by atoms with Crippen molar-refractivity contribution in [1.29, 1.82) is 5.41 Å². The molecular weight excluding hydrogens is 575 g/mol. The normalized spacial score (nSPS) is 28.3. The minimum absolute atomic E-state index is 0.0953. The van der Waals surface area contributed by atoms with Crippen molar-refractivity contribution >= 4 is 51.2 Å². The molecule has 3 atom stereocenters. The third-order valence-corrected chi connectivity index (χ3v) is 9.09. The van der Waals surface area contributed by atoms with Gasteiger partial charge in [-0.2, -0.15) is 0 Å². The van der Waals surface area contributed by atoms with Crippen LogP contribution in [0.4, 0.5) is 0 Å². The number of fused-ring (bicyclic) bond motifs is 1. The predicted molar refractivity (Wildman–Crippen MR) is 156 cm³/mol. The summed E-state index contributed by atoms with van der Waals surface area (Å²) in [6.07, 6.45) is 16.7. The third-order valence-electron chi connectivity index (χ3n) is 8.01. The van der Waals surface area contributed by atoms with E-state index in [1.807, 2.05) is 18.2 Å². The van der Waals surface area contributed by atoms with Crippen molar-refractivity contribution in [2.75, 3.05) is 0 Å². The topological polar surface area (TPSA) is 87.9 Å². The molecule has 1 aromatic rings. The summed E-state index contributed by atoms with van der Waals surface area (Å²) in [5, 5.41) is 8.03. The van der Waals surface area contributed by atoms with Gasteiger partial charge >= 0.3 is 0 Å². The highest BCUT2D eigenvalue weighted by Crippen LogP contribution is 2.41. The zero-order valence-electron chi connectivity index (χ0n) is 21.8. The van der Waals surface area contributed by atoms with Gasteiger partial charge in [0.25, 0.3) is 0 Å². The molecule has 0 radical (unpaired) electrons. The lowest BCUT2D eigenvalue weighted by Gasteiger charge is -2.33. The summed E-state index contributed by atoms with van der Waals surface area (Å²) < 4.78 is 0.192. The Labute approximate surface area is 233 Å². The van der Waals surface area contributed by atoms with E-state index in [0.29, 0.717) is 23.6 Å². The van der Waals surface area contributed by atoms with Gasteiger partial charge in [-0.3, -0.25) is 19.4 Å². The van der Waals surface area contributed by atoms with E-state index < -0.39 is 5.92 Å². The summed E-state index contributed by atoms with van der Waals surface area (Å²) in [6.45, 7) is 6.12. The highest BCUT2D eigenvalue weighted by molar-refractivity contribution is 14.1. The van der Waals surface area contributed by atoms with Gasteiger partial charge in [-0.15, -0.1) is 0 Å². The first-order valence-electron chi connectivity index (χ1n) is 13.2. The van der Waals surface area contributed by atoms with Crippen LogP contribution in [0.3, 0.4) is 0 Å². The number of aromatic nitrogens is 1. The summed E-state index contributed by atoms with van der Waals surface area (Å²) in [5.41, 5.74) is 4.02.